The maximum atomic E-state index is 12.3. The van der Waals surface area contributed by atoms with Crippen molar-refractivity contribution in [1.29, 1.82) is 0 Å². The van der Waals surface area contributed by atoms with Gasteiger partial charge in [0.15, 0.2) is 0 Å². The molecule has 0 atom stereocenters. The lowest BCUT2D eigenvalue weighted by molar-refractivity contribution is -0.385. The SMILES string of the molecule is COC(=O)Cc1cc(NC(=O)NC(=O)c2ccccc2[N+](=O)[O-])ccc1Oc1ncc(Br)cn1. The monoisotopic (exact) mass is 529 g/mol. The van der Waals surface area contributed by atoms with Gasteiger partial charge in [0.1, 0.15) is 11.3 Å². The van der Waals surface area contributed by atoms with Crippen LogP contribution < -0.4 is 15.4 Å². The number of benzene rings is 2. The van der Waals surface area contributed by atoms with Crippen LogP contribution in [0.25, 0.3) is 0 Å². The fourth-order valence-corrected chi connectivity index (χ4v) is 2.94. The molecule has 1 heterocycles. The number of nitro groups is 1. The first-order chi connectivity index (χ1) is 16.3. The number of methoxy groups -OCH3 is 1. The molecule has 0 unspecified atom stereocenters. The molecule has 3 aromatic rings. The molecule has 174 valence electrons. The fraction of sp³-hybridized carbons (Fsp3) is 0.0952. The second kappa shape index (κ2) is 11.0. The highest BCUT2D eigenvalue weighted by Gasteiger charge is 2.21. The fourth-order valence-electron chi connectivity index (χ4n) is 2.73. The Bertz CT molecular complexity index is 1250. The minimum Gasteiger partial charge on any atom is -0.469 e. The third kappa shape index (κ3) is 6.32. The lowest BCUT2D eigenvalue weighted by atomic mass is 10.1. The Kier molecular flexibility index (Phi) is 7.82. The molecule has 0 aliphatic carbocycles. The highest BCUT2D eigenvalue weighted by molar-refractivity contribution is 9.10. The van der Waals surface area contributed by atoms with Gasteiger partial charge in [0.25, 0.3) is 11.6 Å². The summed E-state index contributed by atoms with van der Waals surface area (Å²) in [6, 6.07) is 8.70. The van der Waals surface area contributed by atoms with E-state index in [1.165, 1.54) is 55.9 Å². The number of aromatic nitrogens is 2. The molecule has 12 nitrogen and oxygen atoms in total. The Morgan fingerprint density at radius 1 is 1.12 bits per heavy atom. The average Bonchev–Trinajstić information content (AvgIpc) is 2.81. The molecule has 3 rings (SSSR count). The number of anilines is 1. The zero-order chi connectivity index (χ0) is 24.7. The lowest BCUT2D eigenvalue weighted by Gasteiger charge is -2.12. The zero-order valence-corrected chi connectivity index (χ0v) is 19.1. The number of carbonyl (C=O) groups is 3. The number of carbonyl (C=O) groups excluding carboxylic acids is 3. The molecule has 0 aliphatic rings. The number of rotatable bonds is 7. The van der Waals surface area contributed by atoms with Crippen molar-refractivity contribution in [1.82, 2.24) is 15.3 Å². The van der Waals surface area contributed by atoms with E-state index in [4.69, 9.17) is 9.47 Å². The van der Waals surface area contributed by atoms with Crippen molar-refractivity contribution >= 4 is 45.2 Å². The zero-order valence-electron chi connectivity index (χ0n) is 17.5. The smallest absolute Gasteiger partial charge is 0.326 e. The van der Waals surface area contributed by atoms with Gasteiger partial charge in [-0.2, -0.15) is 0 Å². The molecule has 34 heavy (non-hydrogen) atoms. The van der Waals surface area contributed by atoms with Crippen LogP contribution in [0.15, 0.2) is 59.3 Å². The Balaban J connectivity index is 1.77. The van der Waals surface area contributed by atoms with Gasteiger partial charge in [-0.25, -0.2) is 14.8 Å². The van der Waals surface area contributed by atoms with Crippen LogP contribution in [0, 0.1) is 10.1 Å². The van der Waals surface area contributed by atoms with Gasteiger partial charge in [-0.3, -0.25) is 25.0 Å². The summed E-state index contributed by atoms with van der Waals surface area (Å²) in [6.45, 7) is 0. The van der Waals surface area contributed by atoms with Crippen molar-refractivity contribution in [2.24, 2.45) is 0 Å². The van der Waals surface area contributed by atoms with E-state index in [9.17, 15) is 24.5 Å². The van der Waals surface area contributed by atoms with E-state index in [0.29, 0.717) is 10.0 Å². The van der Waals surface area contributed by atoms with Gasteiger partial charge < -0.3 is 14.8 Å². The maximum absolute atomic E-state index is 12.3. The van der Waals surface area contributed by atoms with E-state index < -0.39 is 28.5 Å². The van der Waals surface area contributed by atoms with Crippen LogP contribution in [0.2, 0.25) is 0 Å². The molecule has 0 spiro atoms. The number of halogens is 1. The number of imide groups is 1. The minimum absolute atomic E-state index is 0.0304. The highest BCUT2D eigenvalue weighted by atomic mass is 79.9. The Labute approximate surface area is 200 Å². The topological polar surface area (TPSA) is 163 Å². The Morgan fingerprint density at radius 2 is 1.82 bits per heavy atom. The van der Waals surface area contributed by atoms with Crippen LogP contribution in [0.4, 0.5) is 16.2 Å². The van der Waals surface area contributed by atoms with Crippen LogP contribution in [0.3, 0.4) is 0 Å². The summed E-state index contributed by atoms with van der Waals surface area (Å²) in [4.78, 5) is 54.9. The number of ether oxygens (including phenoxy) is 2. The van der Waals surface area contributed by atoms with Gasteiger partial charge in [0, 0.05) is 29.7 Å². The molecule has 0 radical (unpaired) electrons. The third-order valence-corrected chi connectivity index (χ3v) is 4.66. The van der Waals surface area contributed by atoms with Crippen molar-refractivity contribution < 1.29 is 28.8 Å². The first-order valence-corrected chi connectivity index (χ1v) is 10.3. The molecule has 1 aromatic heterocycles. The van der Waals surface area contributed by atoms with E-state index in [1.54, 1.807) is 0 Å². The van der Waals surface area contributed by atoms with Gasteiger partial charge in [-0.1, -0.05) is 12.1 Å². The second-order valence-corrected chi connectivity index (χ2v) is 7.46. The van der Waals surface area contributed by atoms with E-state index >= 15 is 0 Å². The average molecular weight is 530 g/mol. The number of hydrogen-bond acceptors (Lipinski definition) is 9. The number of nitrogens with one attached hydrogen (secondary N) is 2. The van der Waals surface area contributed by atoms with Crippen molar-refractivity contribution in [2.75, 3.05) is 12.4 Å². The summed E-state index contributed by atoms with van der Waals surface area (Å²) in [5.41, 5.74) is -0.144. The summed E-state index contributed by atoms with van der Waals surface area (Å²) >= 11 is 3.22. The molecule has 0 saturated carbocycles. The predicted octanol–water partition coefficient (Wildman–Crippen LogP) is 3.62. The summed E-state index contributed by atoms with van der Waals surface area (Å²) < 4.78 is 11.0. The molecular weight excluding hydrogens is 514 g/mol. The van der Waals surface area contributed by atoms with Crippen molar-refractivity contribution in [3.05, 3.63) is 80.6 Å². The largest absolute Gasteiger partial charge is 0.469 e. The first kappa shape index (κ1) is 24.3. The van der Waals surface area contributed by atoms with Crippen LogP contribution in [0.5, 0.6) is 11.8 Å². The summed E-state index contributed by atoms with van der Waals surface area (Å²) in [6.07, 6.45) is 2.78. The standard InChI is InChI=1S/C21H16BrN5O7/c1-33-18(28)9-12-8-14(6-7-17(12)34-21-23-10-13(22)11-24-21)25-20(30)26-19(29)15-4-2-3-5-16(15)27(31)32/h2-8,10-11H,9H2,1H3,(H2,25,26,29,30). The molecular formula is C21H16BrN5O7. The molecule has 0 saturated heterocycles. The van der Waals surface area contributed by atoms with E-state index in [0.717, 1.165) is 6.07 Å². The molecule has 0 aliphatic heterocycles. The number of para-hydroxylation sites is 1. The van der Waals surface area contributed by atoms with Gasteiger partial charge in [0.05, 0.1) is 22.9 Å². The molecule has 3 amide bonds. The highest BCUT2D eigenvalue weighted by Crippen LogP contribution is 2.27. The van der Waals surface area contributed by atoms with E-state index in [-0.39, 0.29) is 29.4 Å². The minimum atomic E-state index is -0.952. The quantitative estimate of drug-likeness (QED) is 0.264. The molecule has 2 aromatic carbocycles. The molecule has 0 bridgehead atoms. The van der Waals surface area contributed by atoms with Crippen molar-refractivity contribution in [3.8, 4) is 11.8 Å². The first-order valence-electron chi connectivity index (χ1n) is 9.47. The Morgan fingerprint density at radius 3 is 2.50 bits per heavy atom. The van der Waals surface area contributed by atoms with Crippen molar-refractivity contribution in [2.45, 2.75) is 6.42 Å². The van der Waals surface area contributed by atoms with Crippen LogP contribution in [-0.2, 0) is 16.0 Å². The number of esters is 1. The summed E-state index contributed by atoms with van der Waals surface area (Å²) in [7, 11) is 1.23. The van der Waals surface area contributed by atoms with Crippen molar-refractivity contribution in [3.63, 3.8) is 0 Å². The third-order valence-electron chi connectivity index (χ3n) is 4.25. The maximum Gasteiger partial charge on any atom is 0.326 e. The molecule has 2 N–H and O–H groups in total. The molecule has 13 heteroatoms. The van der Waals surface area contributed by atoms with Gasteiger partial charge in [-0.15, -0.1) is 0 Å². The summed E-state index contributed by atoms with van der Waals surface area (Å²) in [5.74, 6) is -1.27. The molecule has 0 fully saturated rings. The van der Waals surface area contributed by atoms with Crippen LogP contribution in [0.1, 0.15) is 15.9 Å². The van der Waals surface area contributed by atoms with E-state index in [2.05, 4.69) is 31.2 Å². The van der Waals surface area contributed by atoms with Gasteiger partial charge in [0.2, 0.25) is 0 Å². The van der Waals surface area contributed by atoms with Crippen LogP contribution in [-0.4, -0.2) is 39.9 Å². The second-order valence-electron chi connectivity index (χ2n) is 6.54. The van der Waals surface area contributed by atoms with Crippen LogP contribution >= 0.6 is 15.9 Å². The summed E-state index contributed by atoms with van der Waals surface area (Å²) in [5, 5.41) is 15.6. The number of urea groups is 1. The van der Waals surface area contributed by atoms with Gasteiger partial charge in [-0.05, 0) is 40.2 Å². The van der Waals surface area contributed by atoms with Gasteiger partial charge >= 0.3 is 18.0 Å². The number of hydrogen-bond donors (Lipinski definition) is 2. The van der Waals surface area contributed by atoms with E-state index in [1.807, 2.05) is 5.32 Å². The Hall–Kier alpha value is -4.39. The lowest BCUT2D eigenvalue weighted by Crippen LogP contribution is -2.34. The normalized spacial score (nSPS) is 10.2. The number of amides is 3. The number of nitro benzene ring substituents is 1. The predicted molar refractivity (Wildman–Crippen MR) is 122 cm³/mol. The number of nitrogens with zero attached hydrogens (tertiary/aromatic N) is 3.